The first-order valence-electron chi connectivity index (χ1n) is 9.11. The number of hydrogen-bond acceptors (Lipinski definition) is 5. The molecule has 6 heteroatoms. The van der Waals surface area contributed by atoms with Crippen LogP contribution in [0.5, 0.6) is 0 Å². The lowest BCUT2D eigenvalue weighted by atomic mass is 10.0. The van der Waals surface area contributed by atoms with Gasteiger partial charge in [-0.05, 0) is 32.1 Å². The predicted molar refractivity (Wildman–Crippen MR) is 91.6 cm³/mol. The molecule has 0 N–H and O–H groups in total. The van der Waals surface area contributed by atoms with E-state index in [1.165, 1.54) is 0 Å². The number of likely N-dealkylation sites (tertiary alicyclic amines) is 1. The van der Waals surface area contributed by atoms with Crippen LogP contribution in [0.3, 0.4) is 0 Å². The van der Waals surface area contributed by atoms with Gasteiger partial charge in [-0.15, -0.1) is 0 Å². The molecule has 1 amide bonds. The lowest BCUT2D eigenvalue weighted by Gasteiger charge is -2.34. The monoisotopic (exact) mass is 341 g/mol. The van der Waals surface area contributed by atoms with E-state index >= 15 is 0 Å². The molecular formula is C19H23N3O3. The fourth-order valence-corrected chi connectivity index (χ4v) is 3.68. The summed E-state index contributed by atoms with van der Waals surface area (Å²) in [5.74, 6) is 1.25. The highest BCUT2D eigenvalue weighted by atomic mass is 16.5. The van der Waals surface area contributed by atoms with Crippen molar-refractivity contribution < 1.29 is 14.1 Å². The zero-order valence-corrected chi connectivity index (χ0v) is 14.3. The van der Waals surface area contributed by atoms with E-state index in [0.29, 0.717) is 18.1 Å². The SMILES string of the molecule is O=C(C[C@@H]1CCCO1)N1CCCC[C@@H]1c1nc(-c2ccccc2)no1. The molecule has 2 saturated heterocycles. The van der Waals surface area contributed by atoms with E-state index in [1.807, 2.05) is 35.2 Å². The summed E-state index contributed by atoms with van der Waals surface area (Å²) in [7, 11) is 0. The van der Waals surface area contributed by atoms with Crippen molar-refractivity contribution in [1.82, 2.24) is 15.0 Å². The van der Waals surface area contributed by atoms with E-state index in [-0.39, 0.29) is 18.1 Å². The number of carbonyl (C=O) groups excluding carboxylic acids is 1. The van der Waals surface area contributed by atoms with Crippen molar-refractivity contribution in [2.45, 2.75) is 50.7 Å². The van der Waals surface area contributed by atoms with Gasteiger partial charge in [0.15, 0.2) is 0 Å². The Morgan fingerprint density at radius 3 is 2.84 bits per heavy atom. The Labute approximate surface area is 147 Å². The van der Waals surface area contributed by atoms with Crippen LogP contribution in [0.4, 0.5) is 0 Å². The third-order valence-electron chi connectivity index (χ3n) is 5.01. The summed E-state index contributed by atoms with van der Waals surface area (Å²) in [5, 5.41) is 4.11. The highest BCUT2D eigenvalue weighted by Gasteiger charge is 2.33. The minimum absolute atomic E-state index is 0.0673. The molecule has 2 aliphatic rings. The summed E-state index contributed by atoms with van der Waals surface area (Å²) in [6.07, 6.45) is 5.50. The molecule has 2 fully saturated rings. The maximum absolute atomic E-state index is 12.8. The molecule has 1 aromatic carbocycles. The van der Waals surface area contributed by atoms with Crippen molar-refractivity contribution in [1.29, 1.82) is 0 Å². The number of amides is 1. The molecule has 2 aromatic rings. The Bertz CT molecular complexity index is 710. The van der Waals surface area contributed by atoms with E-state index in [4.69, 9.17) is 9.26 Å². The lowest BCUT2D eigenvalue weighted by molar-refractivity contribution is -0.138. The van der Waals surface area contributed by atoms with Crippen LogP contribution in [0.15, 0.2) is 34.9 Å². The van der Waals surface area contributed by atoms with E-state index in [0.717, 1.165) is 50.8 Å². The summed E-state index contributed by atoms with van der Waals surface area (Å²) >= 11 is 0. The Kier molecular flexibility index (Phi) is 4.78. The van der Waals surface area contributed by atoms with Crippen LogP contribution in [0.2, 0.25) is 0 Å². The predicted octanol–water partition coefficient (Wildman–Crippen LogP) is 3.36. The fraction of sp³-hybridized carbons (Fsp3) is 0.526. The average molecular weight is 341 g/mol. The number of hydrogen-bond donors (Lipinski definition) is 0. The number of piperidine rings is 1. The molecule has 0 radical (unpaired) electrons. The highest BCUT2D eigenvalue weighted by Crippen LogP contribution is 2.32. The third kappa shape index (κ3) is 3.58. The van der Waals surface area contributed by atoms with E-state index in [9.17, 15) is 4.79 Å². The van der Waals surface area contributed by atoms with Crippen LogP contribution in [0.25, 0.3) is 11.4 Å². The van der Waals surface area contributed by atoms with Gasteiger partial charge in [-0.1, -0.05) is 35.5 Å². The number of benzene rings is 1. The number of nitrogens with zero attached hydrogens (tertiary/aromatic N) is 3. The minimum atomic E-state index is -0.118. The standard InChI is InChI=1S/C19H23N3O3/c23-17(13-15-9-6-12-24-15)22-11-5-4-10-16(22)19-20-18(21-25-19)14-7-2-1-3-8-14/h1-3,7-8,15-16H,4-6,9-13H2/t15-,16+/m0/s1. The Morgan fingerprint density at radius 1 is 1.16 bits per heavy atom. The summed E-state index contributed by atoms with van der Waals surface area (Å²) in [5.41, 5.74) is 0.922. The number of aromatic nitrogens is 2. The number of carbonyl (C=O) groups is 1. The fourth-order valence-electron chi connectivity index (χ4n) is 3.68. The Balaban J connectivity index is 1.51. The summed E-state index contributed by atoms with van der Waals surface area (Å²) < 4.78 is 11.1. The van der Waals surface area contributed by atoms with Crippen molar-refractivity contribution in [3.8, 4) is 11.4 Å². The molecular weight excluding hydrogens is 318 g/mol. The first-order chi connectivity index (χ1) is 12.3. The van der Waals surface area contributed by atoms with E-state index in [1.54, 1.807) is 0 Å². The van der Waals surface area contributed by atoms with Crippen molar-refractivity contribution >= 4 is 5.91 Å². The number of rotatable bonds is 4. The van der Waals surface area contributed by atoms with Gasteiger partial charge in [0.05, 0.1) is 12.5 Å². The normalized spacial score (nSPS) is 23.8. The molecule has 2 atom stereocenters. The second kappa shape index (κ2) is 7.35. The lowest BCUT2D eigenvalue weighted by Crippen LogP contribution is -2.40. The van der Waals surface area contributed by atoms with Crippen LogP contribution in [-0.2, 0) is 9.53 Å². The molecule has 0 spiro atoms. The van der Waals surface area contributed by atoms with Gasteiger partial charge in [-0.2, -0.15) is 4.98 Å². The molecule has 0 unspecified atom stereocenters. The summed E-state index contributed by atoms with van der Waals surface area (Å²) in [6, 6.07) is 9.64. The van der Waals surface area contributed by atoms with Gasteiger partial charge in [0, 0.05) is 18.7 Å². The molecule has 132 valence electrons. The molecule has 2 aliphatic heterocycles. The highest BCUT2D eigenvalue weighted by molar-refractivity contribution is 5.77. The first kappa shape index (κ1) is 16.3. The quantitative estimate of drug-likeness (QED) is 0.853. The van der Waals surface area contributed by atoms with E-state index < -0.39 is 0 Å². The van der Waals surface area contributed by atoms with Crippen molar-refractivity contribution in [3.63, 3.8) is 0 Å². The largest absolute Gasteiger partial charge is 0.378 e. The van der Waals surface area contributed by atoms with Gasteiger partial charge >= 0.3 is 0 Å². The Morgan fingerprint density at radius 2 is 2.04 bits per heavy atom. The van der Waals surface area contributed by atoms with Crippen LogP contribution < -0.4 is 0 Å². The molecule has 1 aromatic heterocycles. The molecule has 0 saturated carbocycles. The Hall–Kier alpha value is -2.21. The van der Waals surface area contributed by atoms with Gasteiger partial charge in [0.25, 0.3) is 0 Å². The van der Waals surface area contributed by atoms with Gasteiger partial charge in [0.1, 0.15) is 6.04 Å². The molecule has 3 heterocycles. The zero-order valence-electron chi connectivity index (χ0n) is 14.3. The third-order valence-corrected chi connectivity index (χ3v) is 5.01. The molecule has 0 aliphatic carbocycles. The maximum atomic E-state index is 12.8. The molecule has 0 bridgehead atoms. The number of ether oxygens (including phenoxy) is 1. The maximum Gasteiger partial charge on any atom is 0.249 e. The van der Waals surface area contributed by atoms with Gasteiger partial charge in [-0.25, -0.2) is 0 Å². The summed E-state index contributed by atoms with van der Waals surface area (Å²) in [6.45, 7) is 1.52. The topological polar surface area (TPSA) is 68.5 Å². The van der Waals surface area contributed by atoms with Crippen LogP contribution >= 0.6 is 0 Å². The van der Waals surface area contributed by atoms with Crippen molar-refractivity contribution in [3.05, 3.63) is 36.2 Å². The van der Waals surface area contributed by atoms with Gasteiger partial charge in [0.2, 0.25) is 17.6 Å². The molecule has 25 heavy (non-hydrogen) atoms. The first-order valence-corrected chi connectivity index (χ1v) is 9.11. The van der Waals surface area contributed by atoms with Gasteiger partial charge < -0.3 is 14.2 Å². The van der Waals surface area contributed by atoms with Crippen LogP contribution in [0, 0.1) is 0 Å². The second-order valence-corrected chi connectivity index (χ2v) is 6.76. The zero-order chi connectivity index (χ0) is 17.1. The van der Waals surface area contributed by atoms with Gasteiger partial charge in [-0.3, -0.25) is 4.79 Å². The average Bonchev–Trinajstić information content (AvgIpc) is 3.34. The van der Waals surface area contributed by atoms with E-state index in [2.05, 4.69) is 10.1 Å². The summed E-state index contributed by atoms with van der Waals surface area (Å²) in [4.78, 5) is 19.2. The van der Waals surface area contributed by atoms with Crippen LogP contribution in [-0.4, -0.2) is 40.2 Å². The second-order valence-electron chi connectivity index (χ2n) is 6.76. The smallest absolute Gasteiger partial charge is 0.249 e. The van der Waals surface area contributed by atoms with Crippen molar-refractivity contribution in [2.24, 2.45) is 0 Å². The minimum Gasteiger partial charge on any atom is -0.378 e. The molecule has 6 nitrogen and oxygen atoms in total. The van der Waals surface area contributed by atoms with Crippen molar-refractivity contribution in [2.75, 3.05) is 13.2 Å². The molecule has 4 rings (SSSR count). The van der Waals surface area contributed by atoms with Crippen LogP contribution in [0.1, 0.15) is 50.5 Å².